The van der Waals surface area contributed by atoms with E-state index in [4.69, 9.17) is 16.7 Å². The Hall–Kier alpha value is -2.45. The van der Waals surface area contributed by atoms with Crippen molar-refractivity contribution in [1.29, 1.82) is 0 Å². The fraction of sp³-hybridized carbons (Fsp3) is 0.0952. The van der Waals surface area contributed by atoms with Crippen molar-refractivity contribution >= 4 is 44.9 Å². The Bertz CT molecular complexity index is 1140. The van der Waals surface area contributed by atoms with Gasteiger partial charge >= 0.3 is 0 Å². The van der Waals surface area contributed by atoms with Crippen LogP contribution in [0.1, 0.15) is 10.4 Å². The maximum Gasteiger partial charge on any atom is 0.244 e. The molecule has 0 bridgehead atoms. The van der Waals surface area contributed by atoms with Gasteiger partial charge in [-0.05, 0) is 48.4 Å². The summed E-state index contributed by atoms with van der Waals surface area (Å²) in [4.78, 5) is 14.1. The lowest BCUT2D eigenvalue weighted by atomic mass is 10.1. The Balaban J connectivity index is 1.51. The minimum absolute atomic E-state index is 0.0697. The number of hydrogen-bond acceptors (Lipinski definition) is 4. The van der Waals surface area contributed by atoms with Gasteiger partial charge in [0.15, 0.2) is 0 Å². The molecule has 0 fully saturated rings. The highest BCUT2D eigenvalue weighted by atomic mass is 35.5. The Kier molecular flexibility index (Phi) is 6.87. The van der Waals surface area contributed by atoms with Crippen molar-refractivity contribution in [1.82, 2.24) is 5.32 Å². The molecule has 0 saturated heterocycles. The van der Waals surface area contributed by atoms with Crippen molar-refractivity contribution in [3.63, 3.8) is 0 Å². The molecule has 0 aliphatic rings. The van der Waals surface area contributed by atoms with Crippen LogP contribution in [0.15, 0.2) is 71.6 Å². The van der Waals surface area contributed by atoms with Gasteiger partial charge in [0.05, 0.1) is 4.90 Å². The Labute approximate surface area is 178 Å². The highest BCUT2D eigenvalue weighted by molar-refractivity contribution is 7.89. The summed E-state index contributed by atoms with van der Waals surface area (Å²) < 4.78 is 22.5. The van der Waals surface area contributed by atoms with Gasteiger partial charge in [0, 0.05) is 33.0 Å². The summed E-state index contributed by atoms with van der Waals surface area (Å²) in [6, 6.07) is 17.8. The first kappa shape index (κ1) is 21.3. The van der Waals surface area contributed by atoms with E-state index in [1.807, 2.05) is 36.4 Å². The average molecular weight is 447 g/mol. The van der Waals surface area contributed by atoms with Crippen LogP contribution in [-0.2, 0) is 21.2 Å². The SMILES string of the molecule is NS(=O)(=O)c1ccc(CCNC(=O)/C=C/c2ccc(-c3ccccc3Cl)s2)cc1. The number of carbonyl (C=O) groups excluding carboxylic acids is 1. The van der Waals surface area contributed by atoms with Gasteiger partial charge in [0.1, 0.15) is 0 Å². The van der Waals surface area contributed by atoms with Crippen molar-refractivity contribution in [3.05, 3.63) is 82.2 Å². The fourth-order valence-electron chi connectivity index (χ4n) is 2.64. The molecule has 0 aliphatic carbocycles. The van der Waals surface area contributed by atoms with E-state index in [1.54, 1.807) is 29.5 Å². The number of carbonyl (C=O) groups is 1. The van der Waals surface area contributed by atoms with Crippen LogP contribution in [0.5, 0.6) is 0 Å². The second-order valence-corrected chi connectivity index (χ2v) is 9.33. The normalized spacial score (nSPS) is 11.7. The number of halogens is 1. The first-order valence-electron chi connectivity index (χ1n) is 8.75. The highest BCUT2D eigenvalue weighted by Crippen LogP contribution is 2.33. The molecule has 1 heterocycles. The second-order valence-electron chi connectivity index (χ2n) is 6.25. The van der Waals surface area contributed by atoms with Gasteiger partial charge in [-0.1, -0.05) is 41.9 Å². The van der Waals surface area contributed by atoms with Crippen LogP contribution < -0.4 is 10.5 Å². The van der Waals surface area contributed by atoms with E-state index in [-0.39, 0.29) is 10.8 Å². The van der Waals surface area contributed by atoms with Crippen molar-refractivity contribution in [2.24, 2.45) is 5.14 Å². The molecule has 0 saturated carbocycles. The zero-order valence-corrected chi connectivity index (χ0v) is 17.7. The largest absolute Gasteiger partial charge is 0.352 e. The number of amides is 1. The fourth-order valence-corrected chi connectivity index (χ4v) is 4.40. The van der Waals surface area contributed by atoms with E-state index in [0.717, 1.165) is 20.9 Å². The van der Waals surface area contributed by atoms with Gasteiger partial charge < -0.3 is 5.32 Å². The molecule has 3 rings (SSSR count). The van der Waals surface area contributed by atoms with E-state index in [2.05, 4.69) is 5.32 Å². The van der Waals surface area contributed by atoms with Crippen LogP contribution >= 0.6 is 22.9 Å². The highest BCUT2D eigenvalue weighted by Gasteiger charge is 2.07. The predicted octanol–water partition coefficient (Wildman–Crippen LogP) is 4.09. The second kappa shape index (κ2) is 9.37. The minimum Gasteiger partial charge on any atom is -0.352 e. The Morgan fingerprint density at radius 3 is 2.48 bits per heavy atom. The number of benzene rings is 2. The van der Waals surface area contributed by atoms with Gasteiger partial charge in [0.2, 0.25) is 15.9 Å². The maximum absolute atomic E-state index is 12.0. The predicted molar refractivity (Wildman–Crippen MR) is 118 cm³/mol. The number of nitrogens with one attached hydrogen (secondary N) is 1. The van der Waals surface area contributed by atoms with E-state index in [9.17, 15) is 13.2 Å². The lowest BCUT2D eigenvalue weighted by molar-refractivity contribution is -0.116. The molecule has 3 aromatic rings. The minimum atomic E-state index is -3.69. The van der Waals surface area contributed by atoms with Gasteiger partial charge in [-0.15, -0.1) is 11.3 Å². The van der Waals surface area contributed by atoms with Gasteiger partial charge in [-0.2, -0.15) is 0 Å². The molecular weight excluding hydrogens is 428 g/mol. The van der Waals surface area contributed by atoms with E-state index < -0.39 is 10.0 Å². The summed E-state index contributed by atoms with van der Waals surface area (Å²) in [6.07, 6.45) is 3.84. The first-order valence-corrected chi connectivity index (χ1v) is 11.5. The Morgan fingerprint density at radius 2 is 1.79 bits per heavy atom. The van der Waals surface area contributed by atoms with Crippen LogP contribution in [0, 0.1) is 0 Å². The zero-order chi connectivity index (χ0) is 20.9. The molecule has 0 unspecified atom stereocenters. The van der Waals surface area contributed by atoms with Crippen LogP contribution in [0.3, 0.4) is 0 Å². The standard InChI is InChI=1S/C21H19ClN2O3S2/c22-19-4-2-1-3-18(19)20-11-7-16(28-20)8-12-21(25)24-14-13-15-5-9-17(10-6-15)29(23,26)27/h1-12H,13-14H2,(H,24,25)(H2,23,26,27)/b12-8+. The molecule has 2 aromatic carbocycles. The van der Waals surface area contributed by atoms with Gasteiger partial charge in [-0.3, -0.25) is 4.79 Å². The molecule has 0 spiro atoms. The zero-order valence-electron chi connectivity index (χ0n) is 15.3. The molecule has 3 N–H and O–H groups in total. The summed E-state index contributed by atoms with van der Waals surface area (Å²) in [6.45, 7) is 0.438. The lowest BCUT2D eigenvalue weighted by Crippen LogP contribution is -2.23. The van der Waals surface area contributed by atoms with Crippen molar-refractivity contribution in [2.45, 2.75) is 11.3 Å². The summed E-state index contributed by atoms with van der Waals surface area (Å²) in [5.41, 5.74) is 1.88. The third-order valence-corrected chi connectivity index (χ3v) is 6.47. The molecule has 0 aliphatic heterocycles. The number of nitrogens with two attached hydrogens (primary N) is 1. The van der Waals surface area contributed by atoms with E-state index in [0.29, 0.717) is 18.0 Å². The van der Waals surface area contributed by atoms with Crippen molar-refractivity contribution < 1.29 is 13.2 Å². The van der Waals surface area contributed by atoms with Crippen LogP contribution in [-0.4, -0.2) is 20.9 Å². The molecule has 1 amide bonds. The van der Waals surface area contributed by atoms with Gasteiger partial charge in [0.25, 0.3) is 0 Å². The van der Waals surface area contributed by atoms with E-state index in [1.165, 1.54) is 18.2 Å². The number of thiophene rings is 1. The molecule has 5 nitrogen and oxygen atoms in total. The van der Waals surface area contributed by atoms with Gasteiger partial charge in [-0.25, -0.2) is 13.6 Å². The Morgan fingerprint density at radius 1 is 1.07 bits per heavy atom. The molecule has 0 radical (unpaired) electrons. The number of primary sulfonamides is 1. The van der Waals surface area contributed by atoms with Crippen LogP contribution in [0.25, 0.3) is 16.5 Å². The van der Waals surface area contributed by atoms with Crippen LogP contribution in [0.2, 0.25) is 5.02 Å². The lowest BCUT2D eigenvalue weighted by Gasteiger charge is -2.04. The molecule has 8 heteroatoms. The van der Waals surface area contributed by atoms with Crippen molar-refractivity contribution in [2.75, 3.05) is 6.54 Å². The number of rotatable bonds is 7. The summed E-state index contributed by atoms with van der Waals surface area (Å²) in [5.74, 6) is -0.196. The molecule has 1 aromatic heterocycles. The smallest absolute Gasteiger partial charge is 0.244 e. The summed E-state index contributed by atoms with van der Waals surface area (Å²) in [5, 5.41) is 8.57. The monoisotopic (exact) mass is 446 g/mol. The summed E-state index contributed by atoms with van der Waals surface area (Å²) in [7, 11) is -3.69. The van der Waals surface area contributed by atoms with Crippen LogP contribution in [0.4, 0.5) is 0 Å². The first-order chi connectivity index (χ1) is 13.8. The molecule has 150 valence electrons. The quantitative estimate of drug-likeness (QED) is 0.535. The third-order valence-electron chi connectivity index (χ3n) is 4.13. The molecule has 29 heavy (non-hydrogen) atoms. The number of hydrogen-bond donors (Lipinski definition) is 2. The topological polar surface area (TPSA) is 89.3 Å². The summed E-state index contributed by atoms with van der Waals surface area (Å²) >= 11 is 7.78. The van der Waals surface area contributed by atoms with E-state index >= 15 is 0 Å². The molecular formula is C21H19ClN2O3S2. The third kappa shape index (κ3) is 6.01. The number of sulfonamides is 1. The van der Waals surface area contributed by atoms with Crippen molar-refractivity contribution in [3.8, 4) is 10.4 Å². The maximum atomic E-state index is 12.0. The average Bonchev–Trinajstić information content (AvgIpc) is 3.15. The molecule has 0 atom stereocenters.